The summed E-state index contributed by atoms with van der Waals surface area (Å²) in [6.07, 6.45) is 1.48. The molecule has 0 saturated heterocycles. The quantitative estimate of drug-likeness (QED) is 0.449. The minimum atomic E-state index is -3.19. The Hall–Kier alpha value is -2.21. The van der Waals surface area contributed by atoms with E-state index in [4.69, 9.17) is 21.7 Å². The first-order chi connectivity index (χ1) is 13.8. The molecule has 2 aromatic rings. The van der Waals surface area contributed by atoms with Crippen molar-refractivity contribution in [3.8, 4) is 17.2 Å². The van der Waals surface area contributed by atoms with Crippen molar-refractivity contribution >= 4 is 17.1 Å². The maximum absolute atomic E-state index is 13.0. The highest BCUT2D eigenvalue weighted by Crippen LogP contribution is 2.33. The highest BCUT2D eigenvalue weighted by molar-refractivity contribution is 7.80. The van der Waals surface area contributed by atoms with Gasteiger partial charge in [-0.2, -0.15) is 8.78 Å². The van der Waals surface area contributed by atoms with Crippen molar-refractivity contribution in [2.24, 2.45) is 5.92 Å². The zero-order valence-electron chi connectivity index (χ0n) is 16.7. The summed E-state index contributed by atoms with van der Waals surface area (Å²) in [5, 5.41) is 0. The van der Waals surface area contributed by atoms with Gasteiger partial charge in [0.25, 0.3) is 0 Å². The molecule has 3 nitrogen and oxygen atoms in total. The third kappa shape index (κ3) is 6.96. The van der Waals surface area contributed by atoms with Crippen LogP contribution in [0, 0.1) is 5.92 Å². The van der Waals surface area contributed by atoms with Crippen molar-refractivity contribution in [3.63, 3.8) is 0 Å². The lowest BCUT2D eigenvalue weighted by molar-refractivity contribution is -0.158. The first-order valence-electron chi connectivity index (χ1n) is 9.79. The molecule has 0 N–H and O–H groups in total. The van der Waals surface area contributed by atoms with E-state index in [2.05, 4.69) is 4.74 Å². The zero-order chi connectivity index (χ0) is 20.9. The molecule has 0 radical (unpaired) electrons. The molecule has 1 aliphatic carbocycles. The SMILES string of the molecule is COc1ccc(OC2CCC(CC(=S)Cc3cccc(OC(C)(F)F)c3)C2)cc1. The van der Waals surface area contributed by atoms with Crippen LogP contribution in [0.4, 0.5) is 8.78 Å². The Morgan fingerprint density at radius 3 is 2.48 bits per heavy atom. The number of thiocarbonyl (C=S) groups is 1. The first kappa shape index (κ1) is 21.5. The normalized spacial score (nSPS) is 19.0. The van der Waals surface area contributed by atoms with Gasteiger partial charge in [-0.15, -0.1) is 0 Å². The van der Waals surface area contributed by atoms with Crippen LogP contribution in [0.25, 0.3) is 0 Å². The summed E-state index contributed by atoms with van der Waals surface area (Å²) in [6, 6.07) is 14.4. The average molecular weight is 421 g/mol. The lowest BCUT2D eigenvalue weighted by Gasteiger charge is -2.15. The van der Waals surface area contributed by atoms with E-state index in [9.17, 15) is 8.78 Å². The molecular weight excluding hydrogens is 394 g/mol. The predicted molar refractivity (Wildman–Crippen MR) is 113 cm³/mol. The van der Waals surface area contributed by atoms with Gasteiger partial charge in [-0.1, -0.05) is 24.4 Å². The number of hydrogen-bond donors (Lipinski definition) is 0. The maximum Gasteiger partial charge on any atom is 0.394 e. The van der Waals surface area contributed by atoms with Crippen molar-refractivity contribution in [2.75, 3.05) is 7.11 Å². The van der Waals surface area contributed by atoms with Gasteiger partial charge in [0.15, 0.2) is 0 Å². The fourth-order valence-corrected chi connectivity index (χ4v) is 4.12. The minimum absolute atomic E-state index is 0.159. The van der Waals surface area contributed by atoms with Crippen molar-refractivity contribution < 1.29 is 23.0 Å². The van der Waals surface area contributed by atoms with E-state index in [0.717, 1.165) is 54.5 Å². The van der Waals surface area contributed by atoms with Gasteiger partial charge in [0.2, 0.25) is 0 Å². The third-order valence-corrected chi connectivity index (χ3v) is 5.28. The van der Waals surface area contributed by atoms with Crippen LogP contribution in [-0.4, -0.2) is 24.2 Å². The summed E-state index contributed by atoms with van der Waals surface area (Å²) >= 11 is 5.58. The number of halogens is 2. The van der Waals surface area contributed by atoms with Crippen LogP contribution in [0.2, 0.25) is 0 Å². The van der Waals surface area contributed by atoms with E-state index in [0.29, 0.717) is 12.3 Å². The Labute approximate surface area is 176 Å². The van der Waals surface area contributed by atoms with E-state index in [-0.39, 0.29) is 11.9 Å². The number of alkyl halides is 2. The van der Waals surface area contributed by atoms with Crippen molar-refractivity contribution in [1.29, 1.82) is 0 Å². The second-order valence-electron chi connectivity index (χ2n) is 7.57. The van der Waals surface area contributed by atoms with E-state index in [1.165, 1.54) is 6.07 Å². The van der Waals surface area contributed by atoms with Crippen molar-refractivity contribution in [3.05, 3.63) is 54.1 Å². The fraction of sp³-hybridized carbons (Fsp3) is 0.435. The van der Waals surface area contributed by atoms with Crippen LogP contribution in [0.15, 0.2) is 48.5 Å². The molecule has 0 aromatic heterocycles. The molecular formula is C23H26F2O3S. The van der Waals surface area contributed by atoms with Crippen molar-refractivity contribution in [1.82, 2.24) is 0 Å². The lowest BCUT2D eigenvalue weighted by Crippen LogP contribution is -2.19. The van der Waals surface area contributed by atoms with Gasteiger partial charge in [0, 0.05) is 13.3 Å². The van der Waals surface area contributed by atoms with E-state index in [1.807, 2.05) is 30.3 Å². The van der Waals surface area contributed by atoms with E-state index < -0.39 is 6.11 Å². The highest BCUT2D eigenvalue weighted by Gasteiger charge is 2.27. The Kier molecular flexibility index (Phi) is 7.06. The highest BCUT2D eigenvalue weighted by atomic mass is 32.1. The summed E-state index contributed by atoms with van der Waals surface area (Å²) in [6.45, 7) is 0.731. The molecule has 0 bridgehead atoms. The molecule has 2 unspecified atom stereocenters. The van der Waals surface area contributed by atoms with Gasteiger partial charge in [-0.25, -0.2) is 0 Å². The van der Waals surface area contributed by atoms with Crippen LogP contribution in [0.3, 0.4) is 0 Å². The van der Waals surface area contributed by atoms with Gasteiger partial charge in [-0.05, 0) is 78.4 Å². The number of ether oxygens (including phenoxy) is 3. The Morgan fingerprint density at radius 1 is 1.07 bits per heavy atom. The molecule has 0 aliphatic heterocycles. The van der Waals surface area contributed by atoms with Crippen LogP contribution in [0.1, 0.15) is 38.2 Å². The molecule has 0 spiro atoms. The molecule has 2 atom stereocenters. The zero-order valence-corrected chi connectivity index (χ0v) is 17.5. The van der Waals surface area contributed by atoms with E-state index >= 15 is 0 Å². The largest absolute Gasteiger partial charge is 0.497 e. The number of hydrogen-bond acceptors (Lipinski definition) is 4. The summed E-state index contributed by atoms with van der Waals surface area (Å²) in [5.41, 5.74) is 0.890. The summed E-state index contributed by atoms with van der Waals surface area (Å²) in [5.74, 6) is 2.31. The second kappa shape index (κ2) is 9.53. The lowest BCUT2D eigenvalue weighted by atomic mass is 9.98. The Balaban J connectivity index is 1.47. The smallest absolute Gasteiger partial charge is 0.394 e. The Bertz CT molecular complexity index is 818. The molecule has 1 saturated carbocycles. The molecule has 0 heterocycles. The number of methoxy groups -OCH3 is 1. The molecule has 1 aliphatic rings. The molecule has 3 rings (SSSR count). The molecule has 29 heavy (non-hydrogen) atoms. The molecule has 156 valence electrons. The molecule has 0 amide bonds. The first-order valence-corrected chi connectivity index (χ1v) is 10.2. The fourth-order valence-electron chi connectivity index (χ4n) is 3.72. The van der Waals surface area contributed by atoms with Crippen LogP contribution >= 0.6 is 12.2 Å². The predicted octanol–water partition coefficient (Wildman–Crippen LogP) is 6.24. The molecule has 2 aromatic carbocycles. The Morgan fingerprint density at radius 2 is 1.79 bits per heavy atom. The van der Waals surface area contributed by atoms with Crippen LogP contribution in [-0.2, 0) is 6.42 Å². The van der Waals surface area contributed by atoms with Gasteiger partial charge < -0.3 is 14.2 Å². The number of benzene rings is 2. The topological polar surface area (TPSA) is 27.7 Å². The average Bonchev–Trinajstić information content (AvgIpc) is 3.07. The standard InChI is InChI=1S/C23H26F2O3S/c1-23(24,25)28-21-5-3-4-16(13-21)14-22(29)15-17-6-7-20(12-17)27-19-10-8-18(26-2)9-11-19/h3-5,8-11,13,17,20H,6-7,12,14-15H2,1-2H3. The molecule has 6 heteroatoms. The molecule has 1 fully saturated rings. The van der Waals surface area contributed by atoms with Crippen LogP contribution < -0.4 is 14.2 Å². The van der Waals surface area contributed by atoms with E-state index in [1.54, 1.807) is 19.2 Å². The monoisotopic (exact) mass is 420 g/mol. The van der Waals surface area contributed by atoms with Crippen LogP contribution in [0.5, 0.6) is 17.2 Å². The van der Waals surface area contributed by atoms with Gasteiger partial charge in [0.1, 0.15) is 17.2 Å². The van der Waals surface area contributed by atoms with Gasteiger partial charge in [-0.3, -0.25) is 0 Å². The van der Waals surface area contributed by atoms with Gasteiger partial charge >= 0.3 is 6.11 Å². The number of rotatable bonds is 9. The van der Waals surface area contributed by atoms with Gasteiger partial charge in [0.05, 0.1) is 13.2 Å². The second-order valence-corrected chi connectivity index (χ2v) is 8.15. The maximum atomic E-state index is 13.0. The summed E-state index contributed by atoms with van der Waals surface area (Å²) < 4.78 is 42.0. The summed E-state index contributed by atoms with van der Waals surface area (Å²) in [4.78, 5) is 0.931. The third-order valence-electron chi connectivity index (χ3n) is 4.97. The summed E-state index contributed by atoms with van der Waals surface area (Å²) in [7, 11) is 1.64. The van der Waals surface area contributed by atoms with Crippen molar-refractivity contribution in [2.45, 2.75) is 51.2 Å². The minimum Gasteiger partial charge on any atom is -0.497 e.